The Morgan fingerprint density at radius 3 is 2.65 bits per heavy atom. The van der Waals surface area contributed by atoms with Crippen LogP contribution in [0.25, 0.3) is 22.3 Å². The molecule has 100 valence electrons. The predicted octanol–water partition coefficient (Wildman–Crippen LogP) is 3.85. The number of rotatable bonds is 2. The number of pyridine rings is 2. The fraction of sp³-hybridized carbons (Fsp3) is 0.125. The van der Waals surface area contributed by atoms with E-state index in [1.54, 1.807) is 12.3 Å². The molecule has 3 rings (SSSR count). The average Bonchev–Trinajstić information content (AvgIpc) is 2.48. The minimum Gasteiger partial charge on any atom is -0.325 e. The third kappa shape index (κ3) is 2.16. The van der Waals surface area contributed by atoms with Crippen LogP contribution >= 0.6 is 15.9 Å². The van der Waals surface area contributed by atoms with Crippen LogP contribution in [0.1, 0.15) is 6.92 Å². The maximum absolute atomic E-state index is 12.3. The van der Waals surface area contributed by atoms with Gasteiger partial charge in [-0.2, -0.15) is 0 Å². The Hall–Kier alpha value is -1.94. The molecule has 20 heavy (non-hydrogen) atoms. The fourth-order valence-electron chi connectivity index (χ4n) is 2.39. The molecule has 3 aromatic rings. The molecule has 0 N–H and O–H groups in total. The number of halogens is 1. The first-order valence-corrected chi connectivity index (χ1v) is 7.24. The zero-order valence-electron chi connectivity index (χ0n) is 11.0. The summed E-state index contributed by atoms with van der Waals surface area (Å²) in [7, 11) is 0. The molecule has 0 amide bonds. The first-order chi connectivity index (χ1) is 9.70. The van der Waals surface area contributed by atoms with Crippen molar-refractivity contribution in [1.29, 1.82) is 0 Å². The second kappa shape index (κ2) is 5.21. The van der Waals surface area contributed by atoms with Crippen LogP contribution in [0.3, 0.4) is 0 Å². The van der Waals surface area contributed by atoms with Crippen molar-refractivity contribution in [3.05, 3.63) is 63.4 Å². The molecular weight excluding hydrogens is 316 g/mol. The van der Waals surface area contributed by atoms with Gasteiger partial charge < -0.3 is 4.57 Å². The van der Waals surface area contributed by atoms with Crippen LogP contribution in [0.2, 0.25) is 0 Å². The van der Waals surface area contributed by atoms with E-state index in [9.17, 15) is 4.79 Å². The van der Waals surface area contributed by atoms with Crippen LogP contribution in [0, 0.1) is 0 Å². The Kier molecular flexibility index (Phi) is 3.40. The molecule has 0 bridgehead atoms. The van der Waals surface area contributed by atoms with E-state index in [4.69, 9.17) is 0 Å². The molecule has 4 heteroatoms. The topological polar surface area (TPSA) is 34.9 Å². The van der Waals surface area contributed by atoms with E-state index in [1.807, 2.05) is 36.4 Å². The predicted molar refractivity (Wildman–Crippen MR) is 84.8 cm³/mol. The van der Waals surface area contributed by atoms with E-state index in [1.165, 1.54) is 0 Å². The lowest BCUT2D eigenvalue weighted by molar-refractivity contribution is 0.785. The van der Waals surface area contributed by atoms with Crippen LogP contribution < -0.4 is 5.43 Å². The Labute approximate surface area is 125 Å². The Balaban J connectivity index is 2.40. The van der Waals surface area contributed by atoms with Gasteiger partial charge in [-0.25, -0.2) is 4.98 Å². The van der Waals surface area contributed by atoms with Crippen molar-refractivity contribution < 1.29 is 0 Å². The number of benzene rings is 1. The zero-order chi connectivity index (χ0) is 14.1. The van der Waals surface area contributed by atoms with Gasteiger partial charge >= 0.3 is 0 Å². The van der Waals surface area contributed by atoms with E-state index in [0.29, 0.717) is 5.39 Å². The molecular formula is C16H13BrN2O. The summed E-state index contributed by atoms with van der Waals surface area (Å²) < 4.78 is 2.88. The summed E-state index contributed by atoms with van der Waals surface area (Å²) in [6, 6.07) is 13.4. The first-order valence-electron chi connectivity index (χ1n) is 6.45. The van der Waals surface area contributed by atoms with Crippen LogP contribution in [0.5, 0.6) is 0 Å². The van der Waals surface area contributed by atoms with Crippen molar-refractivity contribution in [3.63, 3.8) is 0 Å². The summed E-state index contributed by atoms with van der Waals surface area (Å²) in [4.78, 5) is 16.7. The third-order valence-electron chi connectivity index (χ3n) is 3.30. The van der Waals surface area contributed by atoms with Crippen LogP contribution in [0.4, 0.5) is 0 Å². The maximum Gasteiger partial charge on any atom is 0.191 e. The van der Waals surface area contributed by atoms with Crippen LogP contribution in [0.15, 0.2) is 57.9 Å². The Morgan fingerprint density at radius 1 is 1.20 bits per heavy atom. The number of aryl methyl sites for hydroxylation is 1. The standard InChI is InChI=1S/C16H13BrN2O/c1-2-19-14(11-6-4-3-5-7-11)9-15(20)13-8-12(17)10-18-16(13)19/h3-10H,2H2,1H3. The average molecular weight is 329 g/mol. The summed E-state index contributed by atoms with van der Waals surface area (Å²) in [5, 5.41) is 0.640. The van der Waals surface area contributed by atoms with E-state index < -0.39 is 0 Å². The van der Waals surface area contributed by atoms with Gasteiger partial charge in [0.25, 0.3) is 0 Å². The normalized spacial score (nSPS) is 10.9. The number of aromatic nitrogens is 2. The lowest BCUT2D eigenvalue weighted by Gasteiger charge is -2.14. The van der Waals surface area contributed by atoms with Gasteiger partial charge in [0.15, 0.2) is 5.43 Å². The summed E-state index contributed by atoms with van der Waals surface area (Å²) in [6.45, 7) is 2.82. The molecule has 0 aliphatic carbocycles. The minimum atomic E-state index is -0.00245. The molecule has 0 unspecified atom stereocenters. The fourth-order valence-corrected chi connectivity index (χ4v) is 2.72. The number of hydrogen-bond acceptors (Lipinski definition) is 2. The molecule has 0 aliphatic rings. The molecule has 2 heterocycles. The number of hydrogen-bond donors (Lipinski definition) is 0. The van der Waals surface area contributed by atoms with E-state index >= 15 is 0 Å². The summed E-state index contributed by atoms with van der Waals surface area (Å²) in [5.41, 5.74) is 2.65. The maximum atomic E-state index is 12.3. The summed E-state index contributed by atoms with van der Waals surface area (Å²) >= 11 is 3.37. The first kappa shape index (κ1) is 13.1. The SMILES string of the molecule is CCn1c(-c2ccccc2)cc(=O)c2cc(Br)cnc21. The Bertz CT molecular complexity index is 825. The second-order valence-electron chi connectivity index (χ2n) is 4.53. The molecule has 0 atom stereocenters. The van der Waals surface area contributed by atoms with Gasteiger partial charge in [0.05, 0.1) is 11.1 Å². The molecule has 1 aromatic carbocycles. The van der Waals surface area contributed by atoms with Gasteiger partial charge in [-0.05, 0) is 34.5 Å². The van der Waals surface area contributed by atoms with Gasteiger partial charge in [-0.15, -0.1) is 0 Å². The highest BCUT2D eigenvalue weighted by atomic mass is 79.9. The second-order valence-corrected chi connectivity index (χ2v) is 5.44. The third-order valence-corrected chi connectivity index (χ3v) is 3.73. The van der Waals surface area contributed by atoms with Crippen molar-refractivity contribution in [2.75, 3.05) is 0 Å². The lowest BCUT2D eigenvalue weighted by Crippen LogP contribution is -2.12. The van der Waals surface area contributed by atoms with E-state index in [0.717, 1.165) is 27.9 Å². The monoisotopic (exact) mass is 328 g/mol. The number of nitrogens with zero attached hydrogens (tertiary/aromatic N) is 2. The molecule has 2 aromatic heterocycles. The molecule has 0 radical (unpaired) electrons. The lowest BCUT2D eigenvalue weighted by atomic mass is 10.1. The van der Waals surface area contributed by atoms with E-state index in [-0.39, 0.29) is 5.43 Å². The molecule has 0 saturated carbocycles. The van der Waals surface area contributed by atoms with Crippen molar-refractivity contribution in [3.8, 4) is 11.3 Å². The number of fused-ring (bicyclic) bond motifs is 1. The summed E-state index contributed by atoms with van der Waals surface area (Å²) in [6.07, 6.45) is 1.72. The summed E-state index contributed by atoms with van der Waals surface area (Å²) in [5.74, 6) is 0. The Morgan fingerprint density at radius 2 is 1.95 bits per heavy atom. The largest absolute Gasteiger partial charge is 0.325 e. The van der Waals surface area contributed by atoms with E-state index in [2.05, 4.69) is 32.4 Å². The highest BCUT2D eigenvalue weighted by molar-refractivity contribution is 9.10. The highest BCUT2D eigenvalue weighted by Crippen LogP contribution is 2.22. The van der Waals surface area contributed by atoms with Gasteiger partial charge in [-0.1, -0.05) is 30.3 Å². The molecule has 0 fully saturated rings. The van der Waals surface area contributed by atoms with Crippen molar-refractivity contribution in [1.82, 2.24) is 9.55 Å². The van der Waals surface area contributed by atoms with Gasteiger partial charge in [0.2, 0.25) is 0 Å². The van der Waals surface area contributed by atoms with Gasteiger partial charge in [0, 0.05) is 23.3 Å². The van der Waals surface area contributed by atoms with Crippen LogP contribution in [-0.4, -0.2) is 9.55 Å². The van der Waals surface area contributed by atoms with Crippen LogP contribution in [-0.2, 0) is 6.54 Å². The van der Waals surface area contributed by atoms with Crippen molar-refractivity contribution in [2.45, 2.75) is 13.5 Å². The van der Waals surface area contributed by atoms with Gasteiger partial charge in [-0.3, -0.25) is 4.79 Å². The quantitative estimate of drug-likeness (QED) is 0.716. The van der Waals surface area contributed by atoms with Crippen molar-refractivity contribution >= 4 is 27.0 Å². The highest BCUT2D eigenvalue weighted by Gasteiger charge is 2.11. The van der Waals surface area contributed by atoms with Gasteiger partial charge in [0.1, 0.15) is 5.65 Å². The molecule has 0 spiro atoms. The molecule has 3 nitrogen and oxygen atoms in total. The molecule has 0 saturated heterocycles. The smallest absolute Gasteiger partial charge is 0.191 e. The van der Waals surface area contributed by atoms with Crippen molar-refractivity contribution in [2.24, 2.45) is 0 Å². The molecule has 0 aliphatic heterocycles. The zero-order valence-corrected chi connectivity index (χ0v) is 12.6. The minimum absolute atomic E-state index is 0.00245.